The van der Waals surface area contributed by atoms with E-state index in [9.17, 15) is 9.18 Å². The van der Waals surface area contributed by atoms with Crippen LogP contribution in [0.2, 0.25) is 0 Å². The summed E-state index contributed by atoms with van der Waals surface area (Å²) in [4.78, 5) is 10.5. The predicted molar refractivity (Wildman–Crippen MR) is 44.6 cm³/mol. The van der Waals surface area contributed by atoms with Gasteiger partial charge in [-0.25, -0.2) is 9.18 Å². The van der Waals surface area contributed by atoms with Gasteiger partial charge >= 0.3 is 5.97 Å². The molecule has 1 aromatic rings. The van der Waals surface area contributed by atoms with Gasteiger partial charge in [-0.2, -0.15) is 0 Å². The van der Waals surface area contributed by atoms with Gasteiger partial charge in [0.1, 0.15) is 11.4 Å². The van der Waals surface area contributed by atoms with Crippen molar-refractivity contribution >= 4 is 11.5 Å². The molecule has 0 unspecified atom stereocenters. The SMILES string of the molecule is O=C(O)C(=CO)c1cccc(F)c1. The van der Waals surface area contributed by atoms with E-state index in [4.69, 9.17) is 10.2 Å². The van der Waals surface area contributed by atoms with Gasteiger partial charge in [-0.15, -0.1) is 0 Å². The molecule has 3 nitrogen and oxygen atoms in total. The van der Waals surface area contributed by atoms with E-state index in [-0.39, 0.29) is 11.1 Å². The molecule has 0 atom stereocenters. The number of halogens is 1. The molecule has 0 saturated heterocycles. The molecule has 0 aromatic heterocycles. The molecule has 0 radical (unpaired) electrons. The first-order valence-corrected chi connectivity index (χ1v) is 3.48. The lowest BCUT2D eigenvalue weighted by molar-refractivity contribution is -0.130. The Labute approximate surface area is 73.8 Å². The Kier molecular flexibility index (Phi) is 2.64. The number of hydrogen-bond acceptors (Lipinski definition) is 2. The Bertz CT molecular complexity index is 358. The summed E-state index contributed by atoms with van der Waals surface area (Å²) < 4.78 is 12.6. The molecule has 0 heterocycles. The molecule has 4 heteroatoms. The number of carbonyl (C=O) groups is 1. The van der Waals surface area contributed by atoms with Gasteiger partial charge in [-0.3, -0.25) is 0 Å². The van der Waals surface area contributed by atoms with Crippen LogP contribution < -0.4 is 0 Å². The van der Waals surface area contributed by atoms with Crippen LogP contribution >= 0.6 is 0 Å². The quantitative estimate of drug-likeness (QED) is 0.541. The van der Waals surface area contributed by atoms with Crippen molar-refractivity contribution in [1.82, 2.24) is 0 Å². The van der Waals surface area contributed by atoms with Crippen LogP contribution in [0.5, 0.6) is 0 Å². The minimum absolute atomic E-state index is 0.134. The van der Waals surface area contributed by atoms with E-state index in [0.717, 1.165) is 6.07 Å². The van der Waals surface area contributed by atoms with Crippen molar-refractivity contribution in [2.45, 2.75) is 0 Å². The highest BCUT2D eigenvalue weighted by Crippen LogP contribution is 2.14. The summed E-state index contributed by atoms with van der Waals surface area (Å²) in [5.41, 5.74) is -0.200. The Morgan fingerprint density at radius 2 is 2.15 bits per heavy atom. The fraction of sp³-hybridized carbons (Fsp3) is 0. The Morgan fingerprint density at radius 1 is 1.46 bits per heavy atom. The van der Waals surface area contributed by atoms with Crippen molar-refractivity contribution in [3.8, 4) is 0 Å². The lowest BCUT2D eigenvalue weighted by Crippen LogP contribution is -1.99. The normalized spacial score (nSPS) is 11.3. The first-order valence-electron chi connectivity index (χ1n) is 3.48. The van der Waals surface area contributed by atoms with E-state index in [1.54, 1.807) is 0 Å². The van der Waals surface area contributed by atoms with Crippen molar-refractivity contribution in [3.05, 3.63) is 41.9 Å². The maximum absolute atomic E-state index is 12.6. The van der Waals surface area contributed by atoms with E-state index in [2.05, 4.69) is 0 Å². The van der Waals surface area contributed by atoms with Gasteiger partial charge < -0.3 is 10.2 Å². The molecular formula is C9H7FO3. The average Bonchev–Trinajstić information content (AvgIpc) is 2.04. The summed E-state index contributed by atoms with van der Waals surface area (Å²) in [7, 11) is 0. The number of aliphatic hydroxyl groups is 1. The molecule has 13 heavy (non-hydrogen) atoms. The third-order valence-corrected chi connectivity index (χ3v) is 1.50. The van der Waals surface area contributed by atoms with E-state index in [1.807, 2.05) is 0 Å². The van der Waals surface area contributed by atoms with Crippen LogP contribution in [0, 0.1) is 5.82 Å². The Morgan fingerprint density at radius 3 is 2.62 bits per heavy atom. The summed E-state index contributed by atoms with van der Waals surface area (Å²) >= 11 is 0. The molecule has 1 rings (SSSR count). The Balaban J connectivity index is 3.14. The number of carboxylic acids is 1. The molecule has 0 aliphatic carbocycles. The number of rotatable bonds is 2. The Hall–Kier alpha value is -1.84. The maximum atomic E-state index is 12.6. The van der Waals surface area contributed by atoms with Crippen LogP contribution in [0.3, 0.4) is 0 Å². The largest absolute Gasteiger partial charge is 0.515 e. The maximum Gasteiger partial charge on any atom is 0.339 e. The van der Waals surface area contributed by atoms with E-state index in [0.29, 0.717) is 6.26 Å². The molecule has 0 fully saturated rings. The zero-order valence-electron chi connectivity index (χ0n) is 6.57. The number of aliphatic carboxylic acids is 1. The predicted octanol–water partition coefficient (Wildman–Crippen LogP) is 1.81. The molecule has 0 amide bonds. The summed E-state index contributed by atoms with van der Waals surface area (Å²) in [6.07, 6.45) is 0.442. The van der Waals surface area contributed by atoms with Crippen LogP contribution in [0.15, 0.2) is 30.5 Å². The topological polar surface area (TPSA) is 57.5 Å². The second-order valence-corrected chi connectivity index (χ2v) is 2.36. The standard InChI is InChI=1S/C9H7FO3/c10-7-3-1-2-6(4-7)8(5-11)9(12)13/h1-5,11H,(H,12,13). The van der Waals surface area contributed by atoms with Crippen LogP contribution in [0.25, 0.3) is 5.57 Å². The lowest BCUT2D eigenvalue weighted by Gasteiger charge is -1.99. The van der Waals surface area contributed by atoms with Gasteiger partial charge in [0.05, 0.1) is 6.26 Å². The van der Waals surface area contributed by atoms with E-state index < -0.39 is 11.8 Å². The number of benzene rings is 1. The van der Waals surface area contributed by atoms with Gasteiger partial charge in [0.15, 0.2) is 0 Å². The van der Waals surface area contributed by atoms with Crippen molar-refractivity contribution in [3.63, 3.8) is 0 Å². The van der Waals surface area contributed by atoms with Crippen LogP contribution in [-0.4, -0.2) is 16.2 Å². The van der Waals surface area contributed by atoms with Crippen LogP contribution in [-0.2, 0) is 4.79 Å². The molecule has 0 spiro atoms. The van der Waals surface area contributed by atoms with Gasteiger partial charge in [-0.05, 0) is 17.7 Å². The van der Waals surface area contributed by atoms with Gasteiger partial charge in [0, 0.05) is 0 Å². The van der Waals surface area contributed by atoms with E-state index >= 15 is 0 Å². The monoisotopic (exact) mass is 182 g/mol. The molecule has 0 bridgehead atoms. The molecule has 0 aliphatic heterocycles. The highest BCUT2D eigenvalue weighted by molar-refractivity contribution is 6.14. The first kappa shape index (κ1) is 9.25. The highest BCUT2D eigenvalue weighted by Gasteiger charge is 2.10. The highest BCUT2D eigenvalue weighted by atomic mass is 19.1. The van der Waals surface area contributed by atoms with Crippen molar-refractivity contribution in [2.24, 2.45) is 0 Å². The van der Waals surface area contributed by atoms with E-state index in [1.165, 1.54) is 18.2 Å². The fourth-order valence-corrected chi connectivity index (χ4v) is 0.909. The van der Waals surface area contributed by atoms with Crippen molar-refractivity contribution in [2.75, 3.05) is 0 Å². The minimum Gasteiger partial charge on any atom is -0.515 e. The summed E-state index contributed by atoms with van der Waals surface area (Å²) in [5, 5.41) is 17.1. The zero-order valence-corrected chi connectivity index (χ0v) is 6.57. The first-order chi connectivity index (χ1) is 6.15. The summed E-state index contributed by atoms with van der Waals surface area (Å²) in [6.45, 7) is 0. The summed E-state index contributed by atoms with van der Waals surface area (Å²) in [6, 6.07) is 5.01. The van der Waals surface area contributed by atoms with Gasteiger partial charge in [0.25, 0.3) is 0 Å². The second-order valence-electron chi connectivity index (χ2n) is 2.36. The average molecular weight is 182 g/mol. The number of hydrogen-bond donors (Lipinski definition) is 2. The number of aliphatic hydroxyl groups excluding tert-OH is 1. The molecule has 68 valence electrons. The van der Waals surface area contributed by atoms with Crippen molar-refractivity contribution in [1.29, 1.82) is 0 Å². The molecule has 0 aliphatic rings. The smallest absolute Gasteiger partial charge is 0.339 e. The third-order valence-electron chi connectivity index (χ3n) is 1.50. The second kappa shape index (κ2) is 3.71. The van der Waals surface area contributed by atoms with Gasteiger partial charge in [-0.1, -0.05) is 12.1 Å². The molecule has 0 saturated carbocycles. The molecule has 1 aromatic carbocycles. The van der Waals surface area contributed by atoms with Crippen LogP contribution in [0.1, 0.15) is 5.56 Å². The lowest BCUT2D eigenvalue weighted by atomic mass is 10.1. The third kappa shape index (κ3) is 2.05. The molecular weight excluding hydrogens is 175 g/mol. The van der Waals surface area contributed by atoms with Crippen LogP contribution in [0.4, 0.5) is 4.39 Å². The zero-order chi connectivity index (χ0) is 9.84. The minimum atomic E-state index is -1.30. The molecule has 2 N–H and O–H groups in total. The number of carboxylic acid groups (broad SMARTS) is 1. The van der Waals surface area contributed by atoms with Crippen molar-refractivity contribution < 1.29 is 19.4 Å². The van der Waals surface area contributed by atoms with Gasteiger partial charge in [0.2, 0.25) is 0 Å². The summed E-state index contributed by atoms with van der Waals surface area (Å²) in [5.74, 6) is -1.84. The fourth-order valence-electron chi connectivity index (χ4n) is 0.909.